The van der Waals surface area contributed by atoms with E-state index in [1.165, 1.54) is 0 Å². The Hall–Kier alpha value is -0.980. The van der Waals surface area contributed by atoms with Gasteiger partial charge < -0.3 is 4.90 Å². The number of amides is 1. The van der Waals surface area contributed by atoms with Crippen LogP contribution in [0.2, 0.25) is 0 Å². The van der Waals surface area contributed by atoms with Crippen molar-refractivity contribution in [2.24, 2.45) is 5.92 Å². The SMILES string of the molecule is O=C(C1CCC(F)(F)CC1)N1C2CCC1CC(n1cc(Br)cn1)C2. The van der Waals surface area contributed by atoms with Crippen molar-refractivity contribution < 1.29 is 13.6 Å². The van der Waals surface area contributed by atoms with Gasteiger partial charge in [-0.15, -0.1) is 0 Å². The maximum Gasteiger partial charge on any atom is 0.248 e. The number of piperidine rings is 1. The second kappa shape index (κ2) is 6.07. The molecule has 132 valence electrons. The van der Waals surface area contributed by atoms with Crippen LogP contribution in [-0.4, -0.2) is 38.6 Å². The number of hydrogen-bond donors (Lipinski definition) is 0. The van der Waals surface area contributed by atoms with Crippen LogP contribution < -0.4 is 0 Å². The summed E-state index contributed by atoms with van der Waals surface area (Å²) in [5, 5.41) is 4.39. The summed E-state index contributed by atoms with van der Waals surface area (Å²) in [5.74, 6) is -2.66. The first-order chi connectivity index (χ1) is 11.4. The molecule has 1 aromatic rings. The van der Waals surface area contributed by atoms with Gasteiger partial charge in [-0.25, -0.2) is 8.78 Å². The van der Waals surface area contributed by atoms with Gasteiger partial charge in [0.1, 0.15) is 0 Å². The van der Waals surface area contributed by atoms with Crippen molar-refractivity contribution in [1.82, 2.24) is 14.7 Å². The Bertz CT molecular complexity index is 611. The fourth-order valence-corrected chi connectivity index (χ4v) is 5.04. The standard InChI is InChI=1S/C17H22BrF2N3O/c18-12-9-21-22(10-12)15-7-13-1-2-14(8-15)23(13)16(24)11-3-5-17(19,20)6-4-11/h9-11,13-15H,1-8H2. The van der Waals surface area contributed by atoms with Gasteiger partial charge in [0.05, 0.1) is 16.7 Å². The lowest BCUT2D eigenvalue weighted by molar-refractivity contribution is -0.144. The van der Waals surface area contributed by atoms with Crippen LogP contribution in [0.25, 0.3) is 0 Å². The van der Waals surface area contributed by atoms with Gasteiger partial charge in [0.15, 0.2) is 0 Å². The number of carbonyl (C=O) groups is 1. The second-order valence-corrected chi connectivity index (χ2v) is 8.44. The highest BCUT2D eigenvalue weighted by molar-refractivity contribution is 9.10. The smallest absolute Gasteiger partial charge is 0.248 e. The molecule has 4 rings (SSSR count). The molecule has 0 radical (unpaired) electrons. The van der Waals surface area contributed by atoms with E-state index < -0.39 is 5.92 Å². The van der Waals surface area contributed by atoms with Gasteiger partial charge >= 0.3 is 0 Å². The first-order valence-electron chi connectivity index (χ1n) is 8.82. The Balaban J connectivity index is 1.44. The number of aromatic nitrogens is 2. The van der Waals surface area contributed by atoms with Crippen LogP contribution in [0, 0.1) is 5.92 Å². The minimum atomic E-state index is -2.57. The minimum Gasteiger partial charge on any atom is -0.336 e. The Labute approximate surface area is 148 Å². The molecule has 0 spiro atoms. The number of rotatable bonds is 2. The number of fused-ring (bicyclic) bond motifs is 2. The van der Waals surface area contributed by atoms with Crippen molar-refractivity contribution in [2.75, 3.05) is 0 Å². The van der Waals surface area contributed by atoms with Crippen molar-refractivity contribution in [3.63, 3.8) is 0 Å². The van der Waals surface area contributed by atoms with E-state index in [1.54, 1.807) is 6.20 Å². The lowest BCUT2D eigenvalue weighted by atomic mass is 9.84. The van der Waals surface area contributed by atoms with Gasteiger partial charge in [0, 0.05) is 37.0 Å². The largest absolute Gasteiger partial charge is 0.336 e. The summed E-state index contributed by atoms with van der Waals surface area (Å²) in [4.78, 5) is 15.0. The average molecular weight is 402 g/mol. The first kappa shape index (κ1) is 16.5. The second-order valence-electron chi connectivity index (χ2n) is 7.52. The molecule has 4 nitrogen and oxygen atoms in total. The molecule has 7 heteroatoms. The maximum atomic E-state index is 13.4. The van der Waals surface area contributed by atoms with E-state index in [2.05, 4.69) is 21.0 Å². The van der Waals surface area contributed by atoms with Crippen LogP contribution >= 0.6 is 15.9 Å². The monoisotopic (exact) mass is 401 g/mol. The Morgan fingerprint density at radius 1 is 1.12 bits per heavy atom. The van der Waals surface area contributed by atoms with E-state index in [-0.39, 0.29) is 36.8 Å². The number of halogens is 3. The zero-order valence-corrected chi connectivity index (χ0v) is 15.1. The van der Waals surface area contributed by atoms with E-state index >= 15 is 0 Å². The lowest BCUT2D eigenvalue weighted by Crippen LogP contribution is -2.50. The highest BCUT2D eigenvalue weighted by Gasteiger charge is 2.47. The lowest BCUT2D eigenvalue weighted by Gasteiger charge is -2.41. The van der Waals surface area contributed by atoms with Gasteiger partial charge in [0.25, 0.3) is 0 Å². The first-order valence-corrected chi connectivity index (χ1v) is 9.62. The molecule has 0 aromatic carbocycles. The summed E-state index contributed by atoms with van der Waals surface area (Å²) < 4.78 is 29.7. The summed E-state index contributed by atoms with van der Waals surface area (Å²) >= 11 is 3.43. The molecule has 3 fully saturated rings. The molecule has 1 amide bonds. The molecule has 2 atom stereocenters. The normalized spacial score (nSPS) is 33.0. The van der Waals surface area contributed by atoms with Crippen LogP contribution in [0.4, 0.5) is 8.78 Å². The Morgan fingerprint density at radius 2 is 1.75 bits per heavy atom. The zero-order chi connectivity index (χ0) is 16.9. The molecule has 2 aliphatic heterocycles. The highest BCUT2D eigenvalue weighted by atomic mass is 79.9. The molecule has 24 heavy (non-hydrogen) atoms. The Morgan fingerprint density at radius 3 is 2.29 bits per heavy atom. The highest BCUT2D eigenvalue weighted by Crippen LogP contribution is 2.44. The molecule has 0 N–H and O–H groups in total. The molecule has 2 saturated heterocycles. The topological polar surface area (TPSA) is 38.1 Å². The minimum absolute atomic E-state index is 0.123. The third-order valence-electron chi connectivity index (χ3n) is 5.97. The van der Waals surface area contributed by atoms with Crippen LogP contribution in [0.3, 0.4) is 0 Å². The molecule has 1 aromatic heterocycles. The fraction of sp³-hybridized carbons (Fsp3) is 0.765. The molecule has 1 aliphatic carbocycles. The summed E-state index contributed by atoms with van der Waals surface area (Å²) in [6.45, 7) is 0. The van der Waals surface area contributed by atoms with Gasteiger partial charge in [-0.05, 0) is 54.5 Å². The molecule has 3 heterocycles. The van der Waals surface area contributed by atoms with Crippen molar-refractivity contribution >= 4 is 21.8 Å². The summed E-state index contributed by atoms with van der Waals surface area (Å²) in [5.41, 5.74) is 0. The molecular weight excluding hydrogens is 380 g/mol. The fourth-order valence-electron chi connectivity index (χ4n) is 4.74. The van der Waals surface area contributed by atoms with Gasteiger partial charge in [-0.2, -0.15) is 5.10 Å². The number of alkyl halides is 2. The number of nitrogens with zero attached hydrogens (tertiary/aromatic N) is 3. The van der Waals surface area contributed by atoms with Crippen molar-refractivity contribution in [1.29, 1.82) is 0 Å². The predicted molar refractivity (Wildman–Crippen MR) is 88.8 cm³/mol. The summed E-state index contributed by atoms with van der Waals surface area (Å²) in [6, 6.07) is 0.812. The molecule has 2 bridgehead atoms. The van der Waals surface area contributed by atoms with Crippen molar-refractivity contribution in [3.05, 3.63) is 16.9 Å². The molecule has 3 aliphatic rings. The van der Waals surface area contributed by atoms with Crippen LogP contribution in [0.1, 0.15) is 57.4 Å². The summed E-state index contributed by atoms with van der Waals surface area (Å²) in [7, 11) is 0. The van der Waals surface area contributed by atoms with E-state index in [0.717, 1.165) is 30.2 Å². The number of hydrogen-bond acceptors (Lipinski definition) is 2. The Kier molecular flexibility index (Phi) is 4.17. The quantitative estimate of drug-likeness (QED) is 0.745. The molecule has 1 saturated carbocycles. The summed E-state index contributed by atoms with van der Waals surface area (Å²) in [6.07, 6.45) is 8.04. The van der Waals surface area contributed by atoms with Crippen LogP contribution in [-0.2, 0) is 4.79 Å². The van der Waals surface area contributed by atoms with Crippen LogP contribution in [0.5, 0.6) is 0 Å². The zero-order valence-electron chi connectivity index (χ0n) is 13.5. The van der Waals surface area contributed by atoms with Crippen molar-refractivity contribution in [3.8, 4) is 0 Å². The van der Waals surface area contributed by atoms with Gasteiger partial charge in [-0.1, -0.05) is 0 Å². The number of carbonyl (C=O) groups excluding carboxylic acids is 1. The van der Waals surface area contributed by atoms with E-state index in [1.807, 2.05) is 15.8 Å². The van der Waals surface area contributed by atoms with Crippen molar-refractivity contribution in [2.45, 2.75) is 75.4 Å². The van der Waals surface area contributed by atoms with Gasteiger partial charge in [-0.3, -0.25) is 9.48 Å². The van der Waals surface area contributed by atoms with E-state index in [9.17, 15) is 13.6 Å². The van der Waals surface area contributed by atoms with Crippen LogP contribution in [0.15, 0.2) is 16.9 Å². The third kappa shape index (κ3) is 3.00. The maximum absolute atomic E-state index is 13.4. The van der Waals surface area contributed by atoms with E-state index in [0.29, 0.717) is 18.9 Å². The average Bonchev–Trinajstić information content (AvgIpc) is 3.08. The van der Waals surface area contributed by atoms with Gasteiger partial charge in [0.2, 0.25) is 11.8 Å². The molecule has 2 unspecified atom stereocenters. The molecular formula is C17H22BrF2N3O. The third-order valence-corrected chi connectivity index (χ3v) is 6.38. The predicted octanol–water partition coefficient (Wildman–Crippen LogP) is 4.17. The van der Waals surface area contributed by atoms with E-state index in [4.69, 9.17) is 0 Å².